The first-order chi connectivity index (χ1) is 5.81. The molecular weight excluding hydrogens is 190 g/mol. The van der Waals surface area contributed by atoms with Gasteiger partial charge in [0.25, 0.3) is 10.1 Å². The summed E-state index contributed by atoms with van der Waals surface area (Å²) in [6, 6.07) is 0. The van der Waals surface area contributed by atoms with Crippen molar-refractivity contribution < 1.29 is 13.0 Å². The molecular formula is C8H17NO3S. The van der Waals surface area contributed by atoms with Gasteiger partial charge in [-0.05, 0) is 20.5 Å². The SMILES string of the molecule is C=CCC(CC)(N(C)C)S(=O)(=O)O. The minimum Gasteiger partial charge on any atom is -0.289 e. The summed E-state index contributed by atoms with van der Waals surface area (Å²) in [5.74, 6) is 0. The molecule has 0 saturated carbocycles. The van der Waals surface area contributed by atoms with Crippen LogP contribution in [0.25, 0.3) is 0 Å². The van der Waals surface area contributed by atoms with Crippen molar-refractivity contribution in [2.24, 2.45) is 0 Å². The lowest BCUT2D eigenvalue weighted by atomic mass is 10.1. The van der Waals surface area contributed by atoms with Crippen molar-refractivity contribution >= 4 is 10.1 Å². The third-order valence-electron chi connectivity index (χ3n) is 2.31. The lowest BCUT2D eigenvalue weighted by molar-refractivity contribution is 0.217. The van der Waals surface area contributed by atoms with Crippen LogP contribution in [0.4, 0.5) is 0 Å². The minimum absolute atomic E-state index is 0.218. The zero-order valence-corrected chi connectivity index (χ0v) is 9.13. The molecule has 0 amide bonds. The second-order valence-corrected chi connectivity index (χ2v) is 4.87. The van der Waals surface area contributed by atoms with Crippen LogP contribution >= 0.6 is 0 Å². The molecule has 0 aromatic carbocycles. The number of hydrogen-bond donors (Lipinski definition) is 1. The van der Waals surface area contributed by atoms with Crippen LogP contribution in [0.3, 0.4) is 0 Å². The Balaban J connectivity index is 5.23. The highest BCUT2D eigenvalue weighted by Gasteiger charge is 2.42. The Morgan fingerprint density at radius 2 is 2.00 bits per heavy atom. The Morgan fingerprint density at radius 3 is 2.08 bits per heavy atom. The van der Waals surface area contributed by atoms with E-state index in [1.54, 1.807) is 21.0 Å². The van der Waals surface area contributed by atoms with Gasteiger partial charge in [0, 0.05) is 6.42 Å². The quantitative estimate of drug-likeness (QED) is 0.542. The molecule has 1 unspecified atom stereocenters. The summed E-state index contributed by atoms with van der Waals surface area (Å²) in [7, 11) is -0.832. The maximum absolute atomic E-state index is 11.2. The second kappa shape index (κ2) is 4.21. The van der Waals surface area contributed by atoms with Crippen molar-refractivity contribution in [1.29, 1.82) is 0 Å². The van der Waals surface area contributed by atoms with Crippen LogP contribution in [0.5, 0.6) is 0 Å². The van der Waals surface area contributed by atoms with Crippen LogP contribution in [0, 0.1) is 0 Å². The molecule has 0 rings (SSSR count). The third kappa shape index (κ3) is 2.30. The van der Waals surface area contributed by atoms with E-state index in [-0.39, 0.29) is 6.42 Å². The van der Waals surface area contributed by atoms with Crippen molar-refractivity contribution in [3.63, 3.8) is 0 Å². The van der Waals surface area contributed by atoms with Gasteiger partial charge in [-0.25, -0.2) is 0 Å². The topological polar surface area (TPSA) is 57.6 Å². The molecule has 5 heteroatoms. The third-order valence-corrected chi connectivity index (χ3v) is 4.09. The fourth-order valence-electron chi connectivity index (χ4n) is 1.39. The monoisotopic (exact) mass is 207 g/mol. The van der Waals surface area contributed by atoms with Crippen molar-refractivity contribution in [1.82, 2.24) is 4.90 Å². The van der Waals surface area contributed by atoms with Gasteiger partial charge >= 0.3 is 0 Å². The number of hydrogen-bond acceptors (Lipinski definition) is 3. The van der Waals surface area contributed by atoms with Crippen LogP contribution in [0.2, 0.25) is 0 Å². The molecule has 0 bridgehead atoms. The molecule has 0 saturated heterocycles. The summed E-state index contributed by atoms with van der Waals surface area (Å²) in [6.07, 6.45) is 2.04. The van der Waals surface area contributed by atoms with Gasteiger partial charge in [0.05, 0.1) is 0 Å². The van der Waals surface area contributed by atoms with Gasteiger partial charge in [0.15, 0.2) is 4.87 Å². The van der Waals surface area contributed by atoms with Crippen LogP contribution in [0.15, 0.2) is 12.7 Å². The maximum atomic E-state index is 11.2. The molecule has 0 aliphatic carbocycles. The molecule has 0 aromatic rings. The van der Waals surface area contributed by atoms with E-state index >= 15 is 0 Å². The average Bonchev–Trinajstić information content (AvgIpc) is 1.96. The predicted molar refractivity (Wildman–Crippen MR) is 53.1 cm³/mol. The van der Waals surface area contributed by atoms with E-state index in [1.807, 2.05) is 0 Å². The van der Waals surface area contributed by atoms with Gasteiger partial charge in [-0.15, -0.1) is 6.58 Å². The number of rotatable bonds is 5. The van der Waals surface area contributed by atoms with E-state index < -0.39 is 15.0 Å². The Bertz CT molecular complexity index is 271. The molecule has 1 N–H and O–H groups in total. The largest absolute Gasteiger partial charge is 0.289 e. The molecule has 13 heavy (non-hydrogen) atoms. The smallest absolute Gasteiger partial charge is 0.284 e. The van der Waals surface area contributed by atoms with Crippen LogP contribution < -0.4 is 0 Å². The summed E-state index contributed by atoms with van der Waals surface area (Å²) in [6.45, 7) is 5.21. The summed E-state index contributed by atoms with van der Waals surface area (Å²) >= 11 is 0. The molecule has 0 aromatic heterocycles. The first-order valence-corrected chi connectivity index (χ1v) is 5.51. The zero-order chi connectivity index (χ0) is 10.7. The Hall–Kier alpha value is -0.390. The predicted octanol–water partition coefficient (Wildman–Crippen LogP) is 1.12. The fraction of sp³-hybridized carbons (Fsp3) is 0.750. The molecule has 0 fully saturated rings. The van der Waals surface area contributed by atoms with Crippen LogP contribution in [0.1, 0.15) is 19.8 Å². The summed E-state index contributed by atoms with van der Waals surface area (Å²) in [5, 5.41) is 0. The zero-order valence-electron chi connectivity index (χ0n) is 8.32. The molecule has 0 heterocycles. The van der Waals surface area contributed by atoms with Crippen LogP contribution in [-0.2, 0) is 10.1 Å². The summed E-state index contributed by atoms with van der Waals surface area (Å²) in [5.41, 5.74) is 0. The standard InChI is InChI=1S/C8H17NO3S/c1-5-7-8(6-2,9(3)4)13(10,11)12/h5H,1,6-7H2,2-4H3,(H,10,11,12). The van der Waals surface area contributed by atoms with E-state index in [4.69, 9.17) is 4.55 Å². The first kappa shape index (κ1) is 12.6. The molecule has 0 aliphatic rings. The van der Waals surface area contributed by atoms with E-state index in [0.717, 1.165) is 0 Å². The first-order valence-electron chi connectivity index (χ1n) is 4.07. The van der Waals surface area contributed by atoms with Gasteiger partial charge in [0.2, 0.25) is 0 Å². The van der Waals surface area contributed by atoms with Gasteiger partial charge in [-0.1, -0.05) is 13.0 Å². The Morgan fingerprint density at radius 1 is 1.54 bits per heavy atom. The number of nitrogens with zero attached hydrogens (tertiary/aromatic N) is 1. The lowest BCUT2D eigenvalue weighted by Gasteiger charge is -2.34. The Labute approximate surface area is 80.0 Å². The molecule has 78 valence electrons. The minimum atomic E-state index is -4.08. The normalized spacial score (nSPS) is 17.0. The van der Waals surface area contributed by atoms with E-state index in [0.29, 0.717) is 6.42 Å². The fourth-order valence-corrected chi connectivity index (χ4v) is 2.54. The molecule has 0 radical (unpaired) electrons. The molecule has 0 aliphatic heterocycles. The van der Waals surface area contributed by atoms with E-state index in [9.17, 15) is 8.42 Å². The van der Waals surface area contributed by atoms with Gasteiger partial charge in [-0.3, -0.25) is 9.45 Å². The Kier molecular flexibility index (Phi) is 4.09. The summed E-state index contributed by atoms with van der Waals surface area (Å²) in [4.78, 5) is 0.277. The van der Waals surface area contributed by atoms with Crippen molar-refractivity contribution in [3.8, 4) is 0 Å². The maximum Gasteiger partial charge on any atom is 0.284 e. The highest BCUT2D eigenvalue weighted by Crippen LogP contribution is 2.27. The highest BCUT2D eigenvalue weighted by molar-refractivity contribution is 7.87. The average molecular weight is 207 g/mol. The van der Waals surface area contributed by atoms with Gasteiger partial charge < -0.3 is 0 Å². The highest BCUT2D eigenvalue weighted by atomic mass is 32.2. The summed E-state index contributed by atoms with van der Waals surface area (Å²) < 4.78 is 31.5. The second-order valence-electron chi connectivity index (χ2n) is 3.16. The molecule has 0 spiro atoms. The van der Waals surface area contributed by atoms with Gasteiger partial charge in [-0.2, -0.15) is 8.42 Å². The van der Waals surface area contributed by atoms with Crippen molar-refractivity contribution in [3.05, 3.63) is 12.7 Å². The molecule has 1 atom stereocenters. The lowest BCUT2D eigenvalue weighted by Crippen LogP contribution is -2.49. The van der Waals surface area contributed by atoms with Crippen LogP contribution in [-0.4, -0.2) is 36.8 Å². The van der Waals surface area contributed by atoms with Crippen molar-refractivity contribution in [2.75, 3.05) is 14.1 Å². The van der Waals surface area contributed by atoms with Gasteiger partial charge in [0.1, 0.15) is 0 Å². The van der Waals surface area contributed by atoms with E-state index in [2.05, 4.69) is 6.58 Å². The van der Waals surface area contributed by atoms with E-state index in [1.165, 1.54) is 11.0 Å². The van der Waals surface area contributed by atoms with Crippen molar-refractivity contribution in [2.45, 2.75) is 24.6 Å². The molecule has 4 nitrogen and oxygen atoms in total.